The van der Waals surface area contributed by atoms with Gasteiger partial charge in [0.15, 0.2) is 5.69 Å². The molecule has 13 heteroatoms. The Balaban J connectivity index is 1.80. The number of nitrogens with zero attached hydrogens (tertiary/aromatic N) is 5. The molecular formula is C18H20BrFN6O5. The van der Waals surface area contributed by atoms with E-state index in [2.05, 4.69) is 36.7 Å². The zero-order valence-electron chi connectivity index (χ0n) is 17.2. The zero-order valence-corrected chi connectivity index (χ0v) is 18.8. The minimum Gasteiger partial charge on any atom is -0.444 e. The average molecular weight is 499 g/mol. The van der Waals surface area contributed by atoms with Crippen LogP contribution in [0, 0.1) is 5.82 Å². The number of ether oxygens (including phenoxy) is 1. The van der Waals surface area contributed by atoms with Crippen molar-refractivity contribution in [2.75, 3.05) is 25.0 Å². The highest BCUT2D eigenvalue weighted by Gasteiger charge is 2.25. The van der Waals surface area contributed by atoms with Gasteiger partial charge >= 0.3 is 11.8 Å². The number of carbonyl (C=O) groups excluding carboxylic acids is 1. The molecule has 1 amide bonds. The summed E-state index contributed by atoms with van der Waals surface area (Å²) in [5.41, 5.74) is -0.172. The quantitative estimate of drug-likeness (QED) is 0.544. The highest BCUT2D eigenvalue weighted by atomic mass is 79.9. The van der Waals surface area contributed by atoms with E-state index < -0.39 is 23.3 Å². The van der Waals surface area contributed by atoms with Crippen LogP contribution in [-0.4, -0.2) is 51.9 Å². The number of halogens is 2. The number of alkyl carbamates (subject to hydrolysis) is 1. The molecule has 0 aliphatic carbocycles. The van der Waals surface area contributed by atoms with E-state index >= 15 is 0 Å². The Kier molecular flexibility index (Phi) is 6.43. The summed E-state index contributed by atoms with van der Waals surface area (Å²) in [5, 5.41) is 14.1. The number of aromatic nitrogens is 4. The fourth-order valence-electron chi connectivity index (χ4n) is 2.57. The standard InChI is InChI=1S/C18H20BrFN6O5/c1-18(2,3)29-16(27)21-7-8-25(4)14-13(22-31-24-14)15-23-30-17(28)26(15)10-5-6-12(20)11(19)9-10/h5-6,9H,7-8H2,1-4H3,(H,21,27). The summed E-state index contributed by atoms with van der Waals surface area (Å²) in [6.07, 6.45) is -0.549. The molecule has 0 atom stereocenters. The Hall–Kier alpha value is -3.22. The number of rotatable bonds is 6. The molecular weight excluding hydrogens is 479 g/mol. The zero-order chi connectivity index (χ0) is 22.8. The van der Waals surface area contributed by atoms with Gasteiger partial charge < -0.3 is 15.0 Å². The van der Waals surface area contributed by atoms with Gasteiger partial charge in [-0.1, -0.05) is 5.16 Å². The number of hydrogen-bond acceptors (Lipinski definition) is 9. The summed E-state index contributed by atoms with van der Waals surface area (Å²) in [7, 11) is 1.69. The largest absolute Gasteiger partial charge is 0.446 e. The van der Waals surface area contributed by atoms with Gasteiger partial charge in [0.25, 0.3) is 0 Å². The second-order valence-corrected chi connectivity index (χ2v) is 8.35. The van der Waals surface area contributed by atoms with Gasteiger partial charge in [0.05, 0.1) is 10.2 Å². The van der Waals surface area contributed by atoms with Crippen molar-refractivity contribution in [3.05, 3.63) is 39.0 Å². The van der Waals surface area contributed by atoms with E-state index in [1.54, 1.807) is 32.7 Å². The van der Waals surface area contributed by atoms with Gasteiger partial charge in [0.2, 0.25) is 11.6 Å². The van der Waals surface area contributed by atoms with Gasteiger partial charge in [-0.2, -0.15) is 0 Å². The minimum absolute atomic E-state index is 0.0201. The van der Waals surface area contributed by atoms with Crippen LogP contribution in [0.15, 0.2) is 36.6 Å². The maximum Gasteiger partial charge on any atom is 0.446 e. The fraction of sp³-hybridized carbons (Fsp3) is 0.389. The number of likely N-dealkylation sites (N-methyl/N-ethyl adjacent to an activating group) is 1. The third kappa shape index (κ3) is 5.29. The average Bonchev–Trinajstić information content (AvgIpc) is 3.29. The number of amides is 1. The van der Waals surface area contributed by atoms with Crippen LogP contribution in [0.2, 0.25) is 0 Å². The highest BCUT2D eigenvalue weighted by Crippen LogP contribution is 2.27. The van der Waals surface area contributed by atoms with Crippen molar-refractivity contribution in [3.63, 3.8) is 0 Å². The lowest BCUT2D eigenvalue weighted by atomic mass is 10.2. The van der Waals surface area contributed by atoms with E-state index in [9.17, 15) is 14.0 Å². The summed E-state index contributed by atoms with van der Waals surface area (Å²) >= 11 is 3.08. The van der Waals surface area contributed by atoms with Crippen LogP contribution in [0.4, 0.5) is 15.0 Å². The minimum atomic E-state index is -0.795. The van der Waals surface area contributed by atoms with Crippen molar-refractivity contribution in [2.24, 2.45) is 0 Å². The van der Waals surface area contributed by atoms with E-state index in [0.717, 1.165) is 4.57 Å². The SMILES string of the molecule is CN(CCNC(=O)OC(C)(C)C)c1nonc1-c1noc(=O)n1-c1ccc(F)c(Br)c1. The number of hydrogen-bond donors (Lipinski definition) is 1. The van der Waals surface area contributed by atoms with Crippen LogP contribution < -0.4 is 16.0 Å². The second kappa shape index (κ2) is 8.88. The molecule has 11 nitrogen and oxygen atoms in total. The van der Waals surface area contributed by atoms with E-state index in [1.165, 1.54) is 18.2 Å². The number of carbonyl (C=O) groups is 1. The molecule has 0 aliphatic heterocycles. The molecule has 31 heavy (non-hydrogen) atoms. The molecule has 0 spiro atoms. The first-order valence-electron chi connectivity index (χ1n) is 9.12. The fourth-order valence-corrected chi connectivity index (χ4v) is 2.94. The molecule has 3 aromatic rings. The van der Waals surface area contributed by atoms with E-state index in [4.69, 9.17) is 13.9 Å². The van der Waals surface area contributed by atoms with Crippen LogP contribution in [0.5, 0.6) is 0 Å². The number of benzene rings is 1. The topological polar surface area (TPSA) is 129 Å². The van der Waals surface area contributed by atoms with E-state index in [0.29, 0.717) is 12.2 Å². The van der Waals surface area contributed by atoms with Gasteiger partial charge in [-0.05, 0) is 65.2 Å². The first-order valence-corrected chi connectivity index (χ1v) is 9.91. The molecule has 0 fully saturated rings. The molecule has 0 unspecified atom stereocenters. The normalized spacial score (nSPS) is 11.4. The van der Waals surface area contributed by atoms with Crippen molar-refractivity contribution in [1.29, 1.82) is 0 Å². The van der Waals surface area contributed by atoms with E-state index in [-0.39, 0.29) is 28.4 Å². The monoisotopic (exact) mass is 498 g/mol. The summed E-state index contributed by atoms with van der Waals surface area (Å²) < 4.78 is 29.7. The molecule has 0 aliphatic rings. The molecule has 0 saturated heterocycles. The Morgan fingerprint density at radius 2 is 2.06 bits per heavy atom. The molecule has 2 aromatic heterocycles. The van der Waals surface area contributed by atoms with Crippen molar-refractivity contribution in [3.8, 4) is 17.2 Å². The Morgan fingerprint density at radius 3 is 2.74 bits per heavy atom. The van der Waals surface area contributed by atoms with Gasteiger partial charge in [-0.3, -0.25) is 4.52 Å². The Labute approximate surface area is 184 Å². The summed E-state index contributed by atoms with van der Waals surface area (Å²) in [6.45, 7) is 5.87. The van der Waals surface area contributed by atoms with Crippen LogP contribution in [0.1, 0.15) is 20.8 Å². The second-order valence-electron chi connectivity index (χ2n) is 7.49. The first-order chi connectivity index (χ1) is 14.6. The predicted octanol–water partition coefficient (Wildman–Crippen LogP) is 2.74. The smallest absolute Gasteiger partial charge is 0.444 e. The molecule has 0 radical (unpaired) electrons. The highest BCUT2D eigenvalue weighted by molar-refractivity contribution is 9.10. The van der Waals surface area contributed by atoms with Crippen LogP contribution in [-0.2, 0) is 4.74 Å². The molecule has 3 rings (SSSR count). The molecule has 2 heterocycles. The summed E-state index contributed by atoms with van der Waals surface area (Å²) in [5.74, 6) is -1.01. The lowest BCUT2D eigenvalue weighted by Crippen LogP contribution is -2.37. The molecule has 0 bridgehead atoms. The molecule has 166 valence electrons. The number of nitrogens with one attached hydrogen (secondary N) is 1. The maximum atomic E-state index is 13.6. The number of anilines is 1. The van der Waals surface area contributed by atoms with Gasteiger partial charge in [-0.25, -0.2) is 23.2 Å². The molecule has 1 aromatic carbocycles. The third-order valence-corrected chi connectivity index (χ3v) is 4.53. The van der Waals surface area contributed by atoms with Crippen LogP contribution in [0.3, 0.4) is 0 Å². The lowest BCUT2D eigenvalue weighted by Gasteiger charge is -2.21. The van der Waals surface area contributed by atoms with Crippen LogP contribution in [0.25, 0.3) is 17.2 Å². The molecule has 0 saturated carbocycles. The Morgan fingerprint density at radius 1 is 1.32 bits per heavy atom. The maximum absolute atomic E-state index is 13.6. The van der Waals surface area contributed by atoms with Crippen molar-refractivity contribution >= 4 is 27.8 Å². The third-order valence-electron chi connectivity index (χ3n) is 3.93. The van der Waals surface area contributed by atoms with Crippen molar-refractivity contribution < 1.29 is 23.1 Å². The van der Waals surface area contributed by atoms with Gasteiger partial charge in [0.1, 0.15) is 11.4 Å². The lowest BCUT2D eigenvalue weighted by molar-refractivity contribution is 0.0529. The summed E-state index contributed by atoms with van der Waals surface area (Å²) in [4.78, 5) is 25.7. The molecule has 1 N–H and O–H groups in total. The first kappa shape index (κ1) is 22.5. The van der Waals surface area contributed by atoms with Crippen LogP contribution >= 0.6 is 15.9 Å². The van der Waals surface area contributed by atoms with E-state index in [1.807, 2.05) is 0 Å². The van der Waals surface area contributed by atoms with Gasteiger partial charge in [0, 0.05) is 20.1 Å². The van der Waals surface area contributed by atoms with Crippen molar-refractivity contribution in [1.82, 2.24) is 25.4 Å². The van der Waals surface area contributed by atoms with Crippen molar-refractivity contribution in [2.45, 2.75) is 26.4 Å². The summed E-state index contributed by atoms with van der Waals surface area (Å²) in [6, 6.07) is 3.99. The Bertz CT molecular complexity index is 1140. The predicted molar refractivity (Wildman–Crippen MR) is 111 cm³/mol. The van der Waals surface area contributed by atoms with Gasteiger partial charge in [-0.15, -0.1) is 0 Å².